The molecule has 0 saturated carbocycles. The molecule has 0 atom stereocenters. The van der Waals surface area contributed by atoms with Crippen molar-refractivity contribution in [3.05, 3.63) is 70.4 Å². The third kappa shape index (κ3) is 4.52. The maximum Gasteiger partial charge on any atom is 0.190 e. The van der Waals surface area contributed by atoms with E-state index in [9.17, 15) is 9.90 Å². The summed E-state index contributed by atoms with van der Waals surface area (Å²) in [6.45, 7) is 4.25. The Balaban J connectivity index is 1.95. The molecule has 0 aliphatic rings. The second-order valence-corrected chi connectivity index (χ2v) is 7.82. The molecule has 28 heavy (non-hydrogen) atoms. The van der Waals surface area contributed by atoms with E-state index in [1.165, 1.54) is 0 Å². The highest BCUT2D eigenvalue weighted by Crippen LogP contribution is 2.27. The molecular weight excluding hydrogens is 350 g/mol. The molecule has 0 aliphatic carbocycles. The van der Waals surface area contributed by atoms with E-state index in [1.54, 1.807) is 13.2 Å². The number of benzene rings is 2. The molecule has 1 heterocycles. The van der Waals surface area contributed by atoms with Gasteiger partial charge in [-0.3, -0.25) is 4.79 Å². The number of ether oxygens (including phenoxy) is 1. The lowest BCUT2D eigenvalue weighted by molar-refractivity contribution is 0.151. The number of aromatic amines is 1. The Kier molecular flexibility index (Phi) is 6.00. The molecule has 2 N–H and O–H groups in total. The van der Waals surface area contributed by atoms with Crippen molar-refractivity contribution in [2.45, 2.75) is 26.7 Å². The first-order valence-electron chi connectivity index (χ1n) is 9.51. The number of aliphatic hydroxyl groups is 1. The number of nitrogens with one attached hydrogen (secondary N) is 1. The molecule has 146 valence electrons. The van der Waals surface area contributed by atoms with Gasteiger partial charge in [0, 0.05) is 35.4 Å². The number of H-pyrrole nitrogens is 1. The molecule has 0 radical (unpaired) electrons. The van der Waals surface area contributed by atoms with Gasteiger partial charge in [0.1, 0.15) is 5.75 Å². The highest BCUT2D eigenvalue weighted by molar-refractivity contribution is 5.86. The Morgan fingerprint density at radius 2 is 1.89 bits per heavy atom. The zero-order valence-corrected chi connectivity index (χ0v) is 16.7. The van der Waals surface area contributed by atoms with E-state index in [0.29, 0.717) is 11.1 Å². The summed E-state index contributed by atoms with van der Waals surface area (Å²) in [5.74, 6) is 0.714. The number of hydrogen-bond acceptors (Lipinski definition) is 3. The summed E-state index contributed by atoms with van der Waals surface area (Å²) < 4.78 is 5.54. The van der Waals surface area contributed by atoms with Crippen LogP contribution in [0.2, 0.25) is 0 Å². The van der Waals surface area contributed by atoms with Crippen molar-refractivity contribution in [3.8, 4) is 17.0 Å². The SMILES string of the molecule is COc1cc2[nH]c(-c3ccccc3)cc(=O)c2cc1/C=C/CCC(C)(C)CO. The van der Waals surface area contributed by atoms with Gasteiger partial charge in [-0.2, -0.15) is 0 Å². The molecular formula is C24H27NO3. The van der Waals surface area contributed by atoms with E-state index in [1.807, 2.05) is 62.4 Å². The quantitative estimate of drug-likeness (QED) is 0.608. The Morgan fingerprint density at radius 3 is 2.57 bits per heavy atom. The van der Waals surface area contributed by atoms with Crippen molar-refractivity contribution >= 4 is 17.0 Å². The summed E-state index contributed by atoms with van der Waals surface area (Å²) in [5, 5.41) is 10.00. The lowest BCUT2D eigenvalue weighted by Crippen LogP contribution is -2.15. The molecule has 0 unspecified atom stereocenters. The van der Waals surface area contributed by atoms with E-state index >= 15 is 0 Å². The van der Waals surface area contributed by atoms with Gasteiger partial charge < -0.3 is 14.8 Å². The number of hydrogen-bond donors (Lipinski definition) is 2. The fourth-order valence-corrected chi connectivity index (χ4v) is 3.14. The fraction of sp³-hybridized carbons (Fsp3) is 0.292. The minimum Gasteiger partial charge on any atom is -0.496 e. The van der Waals surface area contributed by atoms with Gasteiger partial charge in [-0.15, -0.1) is 0 Å². The van der Waals surface area contributed by atoms with Gasteiger partial charge in [-0.05, 0) is 29.9 Å². The first kappa shape index (κ1) is 19.9. The lowest BCUT2D eigenvalue weighted by atomic mass is 9.89. The largest absolute Gasteiger partial charge is 0.496 e. The van der Waals surface area contributed by atoms with E-state index < -0.39 is 0 Å². The molecule has 3 rings (SSSR count). The maximum absolute atomic E-state index is 12.7. The second kappa shape index (κ2) is 8.44. The summed E-state index contributed by atoms with van der Waals surface area (Å²) in [6.07, 6.45) is 5.78. The smallest absolute Gasteiger partial charge is 0.190 e. The van der Waals surface area contributed by atoms with Gasteiger partial charge in [0.25, 0.3) is 0 Å². The number of rotatable bonds is 7. The summed E-state index contributed by atoms with van der Waals surface area (Å²) in [4.78, 5) is 16.1. The molecule has 4 nitrogen and oxygen atoms in total. The summed E-state index contributed by atoms with van der Waals surface area (Å²) >= 11 is 0. The van der Waals surface area contributed by atoms with Crippen molar-refractivity contribution in [1.82, 2.24) is 4.98 Å². The normalized spacial score (nSPS) is 12.0. The Labute approximate surface area is 165 Å². The monoisotopic (exact) mass is 377 g/mol. The first-order valence-corrected chi connectivity index (χ1v) is 9.51. The van der Waals surface area contributed by atoms with Crippen LogP contribution >= 0.6 is 0 Å². The molecule has 3 aromatic rings. The highest BCUT2D eigenvalue weighted by Gasteiger charge is 2.14. The molecule has 0 aliphatic heterocycles. The number of methoxy groups -OCH3 is 1. The van der Waals surface area contributed by atoms with Crippen LogP contribution < -0.4 is 10.2 Å². The summed E-state index contributed by atoms with van der Waals surface area (Å²) in [5.41, 5.74) is 3.26. The van der Waals surface area contributed by atoms with E-state index in [2.05, 4.69) is 11.1 Å². The lowest BCUT2D eigenvalue weighted by Gasteiger charge is -2.20. The van der Waals surface area contributed by atoms with Crippen molar-refractivity contribution < 1.29 is 9.84 Å². The maximum atomic E-state index is 12.7. The van der Waals surface area contributed by atoms with E-state index in [0.717, 1.165) is 35.2 Å². The summed E-state index contributed by atoms with van der Waals surface area (Å²) in [6, 6.07) is 15.2. The molecule has 0 spiro atoms. The number of pyridine rings is 1. The highest BCUT2D eigenvalue weighted by atomic mass is 16.5. The second-order valence-electron chi connectivity index (χ2n) is 7.82. The predicted octanol–water partition coefficient (Wildman–Crippen LogP) is 5.02. The molecule has 0 fully saturated rings. The Morgan fingerprint density at radius 1 is 1.14 bits per heavy atom. The van der Waals surface area contributed by atoms with Crippen LogP contribution in [0.3, 0.4) is 0 Å². The first-order chi connectivity index (χ1) is 13.4. The average molecular weight is 377 g/mol. The van der Waals surface area contributed by atoms with Crippen LogP contribution in [-0.2, 0) is 0 Å². The van der Waals surface area contributed by atoms with Gasteiger partial charge in [-0.1, -0.05) is 56.3 Å². The van der Waals surface area contributed by atoms with Crippen LogP contribution in [0.15, 0.2) is 59.4 Å². The van der Waals surface area contributed by atoms with Crippen LogP contribution in [-0.4, -0.2) is 23.8 Å². The van der Waals surface area contributed by atoms with Gasteiger partial charge in [0.05, 0.1) is 12.6 Å². The van der Waals surface area contributed by atoms with Crippen LogP contribution in [0.4, 0.5) is 0 Å². The van der Waals surface area contributed by atoms with Crippen LogP contribution in [0.1, 0.15) is 32.3 Å². The Hall–Kier alpha value is -2.85. The molecule has 1 aromatic heterocycles. The average Bonchev–Trinajstić information content (AvgIpc) is 2.71. The van der Waals surface area contributed by atoms with Gasteiger partial charge >= 0.3 is 0 Å². The van der Waals surface area contributed by atoms with Crippen LogP contribution in [0.25, 0.3) is 28.2 Å². The number of aliphatic hydroxyl groups excluding tert-OH is 1. The fourth-order valence-electron chi connectivity index (χ4n) is 3.14. The summed E-state index contributed by atoms with van der Waals surface area (Å²) in [7, 11) is 1.63. The number of aromatic nitrogens is 1. The zero-order chi connectivity index (χ0) is 20.1. The van der Waals surface area contributed by atoms with Gasteiger partial charge in [-0.25, -0.2) is 0 Å². The zero-order valence-electron chi connectivity index (χ0n) is 16.7. The van der Waals surface area contributed by atoms with Crippen molar-refractivity contribution in [3.63, 3.8) is 0 Å². The van der Waals surface area contributed by atoms with E-state index in [4.69, 9.17) is 4.74 Å². The number of allylic oxidation sites excluding steroid dienone is 1. The molecule has 0 saturated heterocycles. The third-order valence-electron chi connectivity index (χ3n) is 4.98. The van der Waals surface area contributed by atoms with Crippen molar-refractivity contribution in [2.24, 2.45) is 5.41 Å². The molecule has 2 aromatic carbocycles. The van der Waals surface area contributed by atoms with Gasteiger partial charge in [0.15, 0.2) is 5.43 Å². The predicted molar refractivity (Wildman–Crippen MR) is 116 cm³/mol. The van der Waals surface area contributed by atoms with Gasteiger partial charge in [0.2, 0.25) is 0 Å². The minimum absolute atomic E-state index is 0.0219. The van der Waals surface area contributed by atoms with Crippen molar-refractivity contribution in [2.75, 3.05) is 13.7 Å². The van der Waals surface area contributed by atoms with Crippen LogP contribution in [0, 0.1) is 5.41 Å². The standard InChI is InChI=1S/C24H27NO3/c1-24(2,16-26)12-8-7-11-18-13-19-21(15-23(18)28-3)25-20(14-22(19)27)17-9-5-4-6-10-17/h4-7,9-11,13-15,26H,8,12,16H2,1-3H3,(H,25,27)/b11-7+. The van der Waals surface area contributed by atoms with Crippen molar-refractivity contribution in [1.29, 1.82) is 0 Å². The molecule has 0 bridgehead atoms. The minimum atomic E-state index is -0.0944. The molecule has 0 amide bonds. The topological polar surface area (TPSA) is 62.3 Å². The number of fused-ring (bicyclic) bond motifs is 1. The Bertz CT molecular complexity index is 1030. The molecule has 4 heteroatoms. The third-order valence-corrected chi connectivity index (χ3v) is 4.98. The van der Waals surface area contributed by atoms with E-state index in [-0.39, 0.29) is 17.5 Å². The van der Waals surface area contributed by atoms with Crippen LogP contribution in [0.5, 0.6) is 5.75 Å².